The molecule has 6 heteroatoms. The average Bonchev–Trinajstić information content (AvgIpc) is 2.21. The molecule has 0 heterocycles. The van der Waals surface area contributed by atoms with Crippen molar-refractivity contribution in [3.63, 3.8) is 0 Å². The molecule has 0 atom stereocenters. The molecule has 16 heavy (non-hydrogen) atoms. The van der Waals surface area contributed by atoms with E-state index in [0.717, 1.165) is 12.2 Å². The van der Waals surface area contributed by atoms with Crippen LogP contribution in [0.3, 0.4) is 0 Å². The minimum atomic E-state index is -1.21. The van der Waals surface area contributed by atoms with Gasteiger partial charge >= 0.3 is 5.97 Å². The standard InChI is InChI=1S/C10H5Br2FO3/c11-6-3-5(4-7(12)10(6)13)8(14)1-2-9(15)16/h1-4H,(H,15,16). The first-order valence-electron chi connectivity index (χ1n) is 4.01. The summed E-state index contributed by atoms with van der Waals surface area (Å²) < 4.78 is 13.4. The van der Waals surface area contributed by atoms with Crippen LogP contribution >= 0.6 is 31.9 Å². The van der Waals surface area contributed by atoms with E-state index in [4.69, 9.17) is 5.11 Å². The SMILES string of the molecule is O=C(O)C=CC(=O)c1cc(Br)c(F)c(Br)c1. The predicted octanol–water partition coefficient (Wildman–Crippen LogP) is 3.17. The first-order chi connectivity index (χ1) is 7.41. The van der Waals surface area contributed by atoms with Crippen LogP contribution in [-0.2, 0) is 4.79 Å². The lowest BCUT2D eigenvalue weighted by Crippen LogP contribution is -1.98. The van der Waals surface area contributed by atoms with Crippen LogP contribution < -0.4 is 0 Å². The lowest BCUT2D eigenvalue weighted by Gasteiger charge is -2.01. The average molecular weight is 352 g/mol. The third kappa shape index (κ3) is 3.24. The maximum absolute atomic E-state index is 13.2. The van der Waals surface area contributed by atoms with Gasteiger partial charge in [0.25, 0.3) is 0 Å². The number of carboxylic acid groups (broad SMARTS) is 1. The number of ketones is 1. The van der Waals surface area contributed by atoms with E-state index in [1.54, 1.807) is 0 Å². The smallest absolute Gasteiger partial charge is 0.328 e. The number of benzene rings is 1. The normalized spacial score (nSPS) is 10.7. The summed E-state index contributed by atoms with van der Waals surface area (Å²) in [7, 11) is 0. The highest BCUT2D eigenvalue weighted by molar-refractivity contribution is 9.11. The Balaban J connectivity index is 3.06. The van der Waals surface area contributed by atoms with Crippen molar-refractivity contribution in [3.05, 3.63) is 44.6 Å². The van der Waals surface area contributed by atoms with Crippen LogP contribution in [0.25, 0.3) is 0 Å². The summed E-state index contributed by atoms with van der Waals surface area (Å²) in [5.41, 5.74) is 0.192. The van der Waals surface area contributed by atoms with E-state index in [1.165, 1.54) is 12.1 Å². The fraction of sp³-hybridized carbons (Fsp3) is 0. The molecule has 0 saturated carbocycles. The van der Waals surface area contributed by atoms with E-state index in [-0.39, 0.29) is 14.5 Å². The van der Waals surface area contributed by atoms with E-state index in [2.05, 4.69) is 31.9 Å². The number of halogens is 3. The van der Waals surface area contributed by atoms with E-state index < -0.39 is 17.6 Å². The summed E-state index contributed by atoms with van der Waals surface area (Å²) in [6.07, 6.45) is 1.64. The number of aliphatic carboxylic acids is 1. The van der Waals surface area contributed by atoms with Gasteiger partial charge in [0.05, 0.1) is 8.95 Å². The molecule has 0 saturated heterocycles. The quantitative estimate of drug-likeness (QED) is 0.517. The Morgan fingerprint density at radius 2 is 1.69 bits per heavy atom. The summed E-state index contributed by atoms with van der Waals surface area (Å²) in [4.78, 5) is 21.7. The Morgan fingerprint density at radius 3 is 2.12 bits per heavy atom. The van der Waals surface area contributed by atoms with Crippen molar-refractivity contribution in [1.29, 1.82) is 0 Å². The zero-order chi connectivity index (χ0) is 12.3. The van der Waals surface area contributed by atoms with Gasteiger partial charge in [0.15, 0.2) is 11.6 Å². The van der Waals surface area contributed by atoms with E-state index in [1.807, 2.05) is 0 Å². The second-order valence-electron chi connectivity index (χ2n) is 2.79. The van der Waals surface area contributed by atoms with Crippen LogP contribution in [0, 0.1) is 5.82 Å². The van der Waals surface area contributed by atoms with Crippen LogP contribution in [0.15, 0.2) is 33.2 Å². The molecule has 0 aliphatic rings. The molecule has 1 aromatic carbocycles. The first kappa shape index (κ1) is 13.1. The van der Waals surface area contributed by atoms with Crippen LogP contribution in [0.4, 0.5) is 4.39 Å². The molecule has 0 aliphatic carbocycles. The van der Waals surface area contributed by atoms with E-state index in [0.29, 0.717) is 0 Å². The molecule has 1 rings (SSSR count). The number of carbonyl (C=O) groups excluding carboxylic acids is 1. The zero-order valence-corrected chi connectivity index (χ0v) is 10.9. The highest BCUT2D eigenvalue weighted by Crippen LogP contribution is 2.25. The molecule has 1 N–H and O–H groups in total. The van der Waals surface area contributed by atoms with Gasteiger partial charge in [-0.1, -0.05) is 0 Å². The van der Waals surface area contributed by atoms with Crippen LogP contribution in [-0.4, -0.2) is 16.9 Å². The van der Waals surface area contributed by atoms with Gasteiger partial charge in [-0.2, -0.15) is 0 Å². The number of carboxylic acids is 1. The molecule has 0 aliphatic heterocycles. The molecule has 0 unspecified atom stereocenters. The van der Waals surface area contributed by atoms with Gasteiger partial charge in [0, 0.05) is 11.6 Å². The molecular weight excluding hydrogens is 347 g/mol. The van der Waals surface area contributed by atoms with Crippen molar-refractivity contribution in [2.75, 3.05) is 0 Å². The molecule has 84 valence electrons. The minimum absolute atomic E-state index is 0.133. The fourth-order valence-corrected chi connectivity index (χ4v) is 2.13. The number of hydrogen-bond acceptors (Lipinski definition) is 2. The van der Waals surface area contributed by atoms with Crippen molar-refractivity contribution in [2.45, 2.75) is 0 Å². The van der Waals surface area contributed by atoms with Crippen molar-refractivity contribution in [2.24, 2.45) is 0 Å². The number of rotatable bonds is 3. The van der Waals surface area contributed by atoms with Gasteiger partial charge in [-0.25, -0.2) is 9.18 Å². The lowest BCUT2D eigenvalue weighted by molar-refractivity contribution is -0.131. The van der Waals surface area contributed by atoms with Crippen molar-refractivity contribution in [1.82, 2.24) is 0 Å². The third-order valence-corrected chi connectivity index (χ3v) is 2.80. The second-order valence-corrected chi connectivity index (χ2v) is 4.50. The number of hydrogen-bond donors (Lipinski definition) is 1. The van der Waals surface area contributed by atoms with Gasteiger partial charge in [0.2, 0.25) is 0 Å². The third-order valence-electron chi connectivity index (χ3n) is 1.65. The Bertz CT molecular complexity index is 460. The van der Waals surface area contributed by atoms with Gasteiger partial charge in [-0.15, -0.1) is 0 Å². The maximum Gasteiger partial charge on any atom is 0.328 e. The lowest BCUT2D eigenvalue weighted by atomic mass is 10.1. The molecule has 0 amide bonds. The molecule has 1 aromatic rings. The van der Waals surface area contributed by atoms with E-state index in [9.17, 15) is 14.0 Å². The zero-order valence-electron chi connectivity index (χ0n) is 7.71. The summed E-state index contributed by atoms with van der Waals surface area (Å²) in [5.74, 6) is -2.24. The van der Waals surface area contributed by atoms with Crippen molar-refractivity contribution >= 4 is 43.6 Å². The fourth-order valence-electron chi connectivity index (χ4n) is 0.941. The molecule has 0 spiro atoms. The Hall–Kier alpha value is -1.01. The maximum atomic E-state index is 13.2. The number of allylic oxidation sites excluding steroid dienone is 1. The van der Waals surface area contributed by atoms with Gasteiger partial charge in [-0.05, 0) is 50.1 Å². The minimum Gasteiger partial charge on any atom is -0.478 e. The molecular formula is C10H5Br2FO3. The Kier molecular flexibility index (Phi) is 4.37. The Labute approximate surface area is 107 Å². The number of carbonyl (C=O) groups is 2. The topological polar surface area (TPSA) is 54.4 Å². The molecule has 0 bridgehead atoms. The van der Waals surface area contributed by atoms with Crippen molar-refractivity contribution in [3.8, 4) is 0 Å². The Morgan fingerprint density at radius 1 is 1.19 bits per heavy atom. The van der Waals surface area contributed by atoms with Crippen LogP contribution in [0.2, 0.25) is 0 Å². The first-order valence-corrected chi connectivity index (χ1v) is 5.60. The summed E-state index contributed by atoms with van der Waals surface area (Å²) in [5, 5.41) is 8.35. The van der Waals surface area contributed by atoms with Crippen LogP contribution in [0.1, 0.15) is 10.4 Å². The van der Waals surface area contributed by atoms with Crippen molar-refractivity contribution < 1.29 is 19.1 Å². The largest absolute Gasteiger partial charge is 0.478 e. The summed E-state index contributed by atoms with van der Waals surface area (Å²) in [6.45, 7) is 0. The molecule has 0 aromatic heterocycles. The van der Waals surface area contributed by atoms with Gasteiger partial charge in [0.1, 0.15) is 0 Å². The second kappa shape index (κ2) is 5.36. The highest BCUT2D eigenvalue weighted by atomic mass is 79.9. The highest BCUT2D eigenvalue weighted by Gasteiger charge is 2.10. The summed E-state index contributed by atoms with van der Waals surface area (Å²) in [6, 6.07) is 2.57. The molecule has 3 nitrogen and oxygen atoms in total. The van der Waals surface area contributed by atoms with E-state index >= 15 is 0 Å². The predicted molar refractivity (Wildman–Crippen MR) is 62.9 cm³/mol. The van der Waals surface area contributed by atoms with Crippen LogP contribution in [0.5, 0.6) is 0 Å². The molecule has 0 radical (unpaired) electrons. The van der Waals surface area contributed by atoms with Gasteiger partial charge < -0.3 is 5.11 Å². The molecule has 0 fully saturated rings. The van der Waals surface area contributed by atoms with Gasteiger partial charge in [-0.3, -0.25) is 4.79 Å². The summed E-state index contributed by atoms with van der Waals surface area (Å²) >= 11 is 5.90. The monoisotopic (exact) mass is 350 g/mol.